The van der Waals surface area contributed by atoms with Crippen LogP contribution in [0.1, 0.15) is 5.69 Å². The van der Waals surface area contributed by atoms with Gasteiger partial charge in [-0.05, 0) is 7.05 Å². The lowest BCUT2D eigenvalue weighted by Crippen LogP contribution is -2.48. The molecule has 1 fully saturated rings. The maximum atomic E-state index is 12.2. The molecule has 3 rings (SSSR count). The molecule has 0 aromatic carbocycles. The van der Waals surface area contributed by atoms with E-state index < -0.39 is 0 Å². The Morgan fingerprint density at radius 3 is 2.67 bits per heavy atom. The standard InChI is InChI=1S/C14H18N6O2S2/c1-19-3-5-20(6-4-19)14(22)18-13-16-10(9-24-13)8-11(21)17-12-15-2-7-23-12/h2,7,9H,3-6,8H2,1H3,(H,15,17,21)(H,16,18,22). The van der Waals surface area contributed by atoms with Crippen molar-refractivity contribution >= 4 is 44.9 Å². The van der Waals surface area contributed by atoms with Crippen LogP contribution in [0.5, 0.6) is 0 Å². The van der Waals surface area contributed by atoms with E-state index in [9.17, 15) is 9.59 Å². The van der Waals surface area contributed by atoms with E-state index >= 15 is 0 Å². The fourth-order valence-corrected chi connectivity index (χ4v) is 3.48. The highest BCUT2D eigenvalue weighted by Crippen LogP contribution is 2.18. The topological polar surface area (TPSA) is 90.5 Å². The molecule has 2 aromatic rings. The molecule has 2 N–H and O–H groups in total. The van der Waals surface area contributed by atoms with Crippen LogP contribution in [0.3, 0.4) is 0 Å². The van der Waals surface area contributed by atoms with Crippen LogP contribution in [0.2, 0.25) is 0 Å². The van der Waals surface area contributed by atoms with Gasteiger partial charge < -0.3 is 15.1 Å². The van der Waals surface area contributed by atoms with Crippen LogP contribution in [-0.4, -0.2) is 64.9 Å². The first-order chi connectivity index (χ1) is 11.6. The third kappa shape index (κ3) is 4.49. The van der Waals surface area contributed by atoms with Gasteiger partial charge in [-0.25, -0.2) is 14.8 Å². The Morgan fingerprint density at radius 2 is 1.96 bits per heavy atom. The maximum Gasteiger partial charge on any atom is 0.323 e. The van der Waals surface area contributed by atoms with E-state index in [-0.39, 0.29) is 18.4 Å². The Balaban J connectivity index is 1.50. The molecule has 1 aliphatic rings. The van der Waals surface area contributed by atoms with Crippen molar-refractivity contribution < 1.29 is 9.59 Å². The zero-order valence-electron chi connectivity index (χ0n) is 13.2. The highest BCUT2D eigenvalue weighted by Gasteiger charge is 2.20. The van der Waals surface area contributed by atoms with E-state index in [2.05, 4.69) is 25.5 Å². The summed E-state index contributed by atoms with van der Waals surface area (Å²) in [5, 5.41) is 10.2. The van der Waals surface area contributed by atoms with Gasteiger partial charge in [0.15, 0.2) is 10.3 Å². The highest BCUT2D eigenvalue weighted by molar-refractivity contribution is 7.14. The Bertz CT molecular complexity index is 694. The van der Waals surface area contributed by atoms with Crippen molar-refractivity contribution in [1.82, 2.24) is 19.8 Å². The number of nitrogens with zero attached hydrogens (tertiary/aromatic N) is 4. The largest absolute Gasteiger partial charge is 0.323 e. The van der Waals surface area contributed by atoms with Gasteiger partial charge in [-0.2, -0.15) is 0 Å². The van der Waals surface area contributed by atoms with Crippen molar-refractivity contribution in [3.05, 3.63) is 22.7 Å². The Labute approximate surface area is 147 Å². The molecule has 0 radical (unpaired) electrons. The summed E-state index contributed by atoms with van der Waals surface area (Å²) in [4.78, 5) is 36.4. The average Bonchev–Trinajstić information content (AvgIpc) is 3.20. The van der Waals surface area contributed by atoms with Gasteiger partial charge in [-0.3, -0.25) is 10.1 Å². The summed E-state index contributed by atoms with van der Waals surface area (Å²) in [7, 11) is 2.04. The molecule has 0 bridgehead atoms. The fourth-order valence-electron chi connectivity index (χ4n) is 2.24. The molecule has 0 aliphatic carbocycles. The van der Waals surface area contributed by atoms with Gasteiger partial charge in [0.2, 0.25) is 5.91 Å². The molecule has 2 aromatic heterocycles. The Kier molecular flexibility index (Phi) is 5.38. The minimum Gasteiger partial charge on any atom is -0.322 e. The molecule has 8 nitrogen and oxygen atoms in total. The van der Waals surface area contributed by atoms with Crippen LogP contribution in [0.4, 0.5) is 15.1 Å². The predicted octanol–water partition coefficient (Wildman–Crippen LogP) is 1.56. The second-order valence-corrected chi connectivity index (χ2v) is 7.18. The van der Waals surface area contributed by atoms with E-state index in [4.69, 9.17) is 0 Å². The second kappa shape index (κ2) is 7.69. The number of nitrogens with one attached hydrogen (secondary N) is 2. The van der Waals surface area contributed by atoms with Crippen molar-refractivity contribution in [3.63, 3.8) is 0 Å². The normalized spacial score (nSPS) is 15.3. The van der Waals surface area contributed by atoms with Crippen LogP contribution in [0.15, 0.2) is 17.0 Å². The van der Waals surface area contributed by atoms with E-state index in [1.807, 2.05) is 7.05 Å². The molecular formula is C14H18N6O2S2. The molecule has 0 spiro atoms. The third-order valence-electron chi connectivity index (χ3n) is 3.58. The lowest BCUT2D eigenvalue weighted by molar-refractivity contribution is -0.115. The van der Waals surface area contributed by atoms with E-state index in [1.165, 1.54) is 22.7 Å². The van der Waals surface area contributed by atoms with E-state index in [1.54, 1.807) is 21.9 Å². The van der Waals surface area contributed by atoms with Crippen LogP contribution < -0.4 is 10.6 Å². The van der Waals surface area contributed by atoms with Crippen molar-refractivity contribution in [3.8, 4) is 0 Å². The molecular weight excluding hydrogens is 348 g/mol. The number of rotatable bonds is 4. The molecule has 3 heterocycles. The second-order valence-electron chi connectivity index (χ2n) is 5.43. The minimum atomic E-state index is -0.174. The quantitative estimate of drug-likeness (QED) is 0.857. The average molecular weight is 366 g/mol. The number of carbonyl (C=O) groups excluding carboxylic acids is 2. The van der Waals surface area contributed by atoms with Gasteiger partial charge in [0, 0.05) is 43.1 Å². The van der Waals surface area contributed by atoms with Crippen LogP contribution in [0, 0.1) is 0 Å². The summed E-state index contributed by atoms with van der Waals surface area (Å²) in [6.07, 6.45) is 1.79. The molecule has 10 heteroatoms. The van der Waals surface area contributed by atoms with Crippen molar-refractivity contribution in [2.45, 2.75) is 6.42 Å². The molecule has 0 saturated carbocycles. The number of thiazole rings is 2. The van der Waals surface area contributed by atoms with E-state index in [0.29, 0.717) is 29.0 Å². The number of hydrogen-bond acceptors (Lipinski definition) is 7. The summed E-state index contributed by atoms with van der Waals surface area (Å²) in [6.45, 7) is 3.15. The van der Waals surface area contributed by atoms with Gasteiger partial charge in [-0.1, -0.05) is 0 Å². The number of piperazine rings is 1. The predicted molar refractivity (Wildman–Crippen MR) is 94.7 cm³/mol. The molecule has 0 atom stereocenters. The zero-order chi connectivity index (χ0) is 16.9. The number of hydrogen-bond donors (Lipinski definition) is 2. The first-order valence-corrected chi connectivity index (χ1v) is 9.24. The molecule has 0 unspecified atom stereocenters. The van der Waals surface area contributed by atoms with Crippen molar-refractivity contribution in [2.75, 3.05) is 43.9 Å². The Hall–Kier alpha value is -2.04. The monoisotopic (exact) mass is 366 g/mol. The van der Waals surface area contributed by atoms with Crippen molar-refractivity contribution in [2.24, 2.45) is 0 Å². The smallest absolute Gasteiger partial charge is 0.322 e. The summed E-state index contributed by atoms with van der Waals surface area (Å²) in [6, 6.07) is -0.142. The zero-order valence-corrected chi connectivity index (χ0v) is 14.8. The number of aromatic nitrogens is 2. The van der Waals surface area contributed by atoms with Gasteiger partial charge in [0.05, 0.1) is 12.1 Å². The first kappa shape index (κ1) is 16.8. The molecule has 3 amide bonds. The first-order valence-electron chi connectivity index (χ1n) is 7.48. The highest BCUT2D eigenvalue weighted by atomic mass is 32.1. The third-order valence-corrected chi connectivity index (χ3v) is 5.07. The molecule has 128 valence electrons. The summed E-state index contributed by atoms with van der Waals surface area (Å²) in [5.74, 6) is -0.174. The SMILES string of the molecule is CN1CCN(C(=O)Nc2nc(CC(=O)Nc3nccs3)cs2)CC1. The fraction of sp³-hybridized carbons (Fsp3) is 0.429. The summed E-state index contributed by atoms with van der Waals surface area (Å²) < 4.78 is 0. The van der Waals surface area contributed by atoms with Gasteiger partial charge in [0.25, 0.3) is 0 Å². The van der Waals surface area contributed by atoms with E-state index in [0.717, 1.165) is 13.1 Å². The van der Waals surface area contributed by atoms with Crippen LogP contribution >= 0.6 is 22.7 Å². The number of likely N-dealkylation sites (N-methyl/N-ethyl adjacent to an activating group) is 1. The number of urea groups is 1. The van der Waals surface area contributed by atoms with Gasteiger partial charge >= 0.3 is 6.03 Å². The molecule has 24 heavy (non-hydrogen) atoms. The van der Waals surface area contributed by atoms with Gasteiger partial charge in [-0.15, -0.1) is 22.7 Å². The van der Waals surface area contributed by atoms with Gasteiger partial charge in [0.1, 0.15) is 0 Å². The van der Waals surface area contributed by atoms with Crippen molar-refractivity contribution in [1.29, 1.82) is 0 Å². The summed E-state index contributed by atoms with van der Waals surface area (Å²) >= 11 is 2.68. The lowest BCUT2D eigenvalue weighted by atomic mass is 10.3. The molecule has 1 aliphatic heterocycles. The minimum absolute atomic E-state index is 0.142. The van der Waals surface area contributed by atoms with Crippen LogP contribution in [-0.2, 0) is 11.2 Å². The number of amides is 3. The summed E-state index contributed by atoms with van der Waals surface area (Å²) in [5.41, 5.74) is 0.628. The maximum absolute atomic E-state index is 12.2. The molecule has 1 saturated heterocycles. The number of anilines is 2. The van der Waals surface area contributed by atoms with Crippen LogP contribution in [0.25, 0.3) is 0 Å². The Morgan fingerprint density at radius 1 is 1.17 bits per heavy atom. The lowest BCUT2D eigenvalue weighted by Gasteiger charge is -2.32. The number of carbonyl (C=O) groups is 2.